The summed E-state index contributed by atoms with van der Waals surface area (Å²) in [4.78, 5) is 19.9. The summed E-state index contributed by atoms with van der Waals surface area (Å²) < 4.78 is 32.1. The fourth-order valence-electron chi connectivity index (χ4n) is 4.99. The second kappa shape index (κ2) is 9.83. The molecule has 0 unspecified atom stereocenters. The smallest absolute Gasteiger partial charge is 0.227 e. The molecule has 1 aliphatic heterocycles. The zero-order chi connectivity index (χ0) is 26.2. The molecule has 38 heavy (non-hydrogen) atoms. The summed E-state index contributed by atoms with van der Waals surface area (Å²) in [7, 11) is 2.05. The van der Waals surface area contributed by atoms with Gasteiger partial charge in [0.2, 0.25) is 5.91 Å². The first kappa shape index (κ1) is 24.0. The fraction of sp³-hybridized carbons (Fsp3) is 0.207. The van der Waals surface area contributed by atoms with Crippen LogP contribution < -0.4 is 5.32 Å². The Morgan fingerprint density at radius 3 is 2.61 bits per heavy atom. The lowest BCUT2D eigenvalue weighted by Crippen LogP contribution is -2.35. The second-order valence-electron chi connectivity index (χ2n) is 9.70. The first-order valence-corrected chi connectivity index (χ1v) is 12.5. The molecule has 0 saturated carbocycles. The van der Waals surface area contributed by atoms with Gasteiger partial charge in [0.15, 0.2) is 0 Å². The van der Waals surface area contributed by atoms with E-state index in [9.17, 15) is 13.6 Å². The van der Waals surface area contributed by atoms with Crippen molar-refractivity contribution in [1.82, 2.24) is 24.2 Å². The van der Waals surface area contributed by atoms with Crippen LogP contribution in [-0.2, 0) is 4.79 Å². The van der Waals surface area contributed by atoms with E-state index >= 15 is 0 Å². The van der Waals surface area contributed by atoms with Gasteiger partial charge >= 0.3 is 0 Å². The Kier molecular flexibility index (Phi) is 6.21. The lowest BCUT2D eigenvalue weighted by Gasteiger charge is -2.28. The van der Waals surface area contributed by atoms with Gasteiger partial charge < -0.3 is 10.2 Å². The predicted octanol–water partition coefficient (Wildman–Crippen LogP) is 5.44. The van der Waals surface area contributed by atoms with Crippen molar-refractivity contribution in [2.45, 2.75) is 12.8 Å². The Balaban J connectivity index is 1.41. The number of likely N-dealkylation sites (tertiary alicyclic amines) is 1. The highest BCUT2D eigenvalue weighted by Crippen LogP contribution is 2.31. The van der Waals surface area contributed by atoms with Crippen LogP contribution in [0, 0.1) is 17.6 Å². The second-order valence-corrected chi connectivity index (χ2v) is 9.70. The average molecular weight is 513 g/mol. The molecule has 0 radical (unpaired) electrons. The van der Waals surface area contributed by atoms with Crippen molar-refractivity contribution in [2.24, 2.45) is 5.92 Å². The average Bonchev–Trinajstić information content (AvgIpc) is 3.59. The van der Waals surface area contributed by atoms with Gasteiger partial charge in [0, 0.05) is 41.3 Å². The van der Waals surface area contributed by atoms with Gasteiger partial charge in [-0.05, 0) is 93.1 Å². The molecule has 1 N–H and O–H groups in total. The molecule has 1 fully saturated rings. The molecule has 5 aromatic rings. The maximum absolute atomic E-state index is 14.8. The van der Waals surface area contributed by atoms with Crippen LogP contribution in [-0.4, -0.2) is 50.3 Å². The quantitative estimate of drug-likeness (QED) is 0.341. The summed E-state index contributed by atoms with van der Waals surface area (Å²) in [5, 5.41) is 7.32. The highest BCUT2D eigenvalue weighted by Gasteiger charge is 2.24. The molecule has 7 nitrogen and oxygen atoms in total. The van der Waals surface area contributed by atoms with Crippen molar-refractivity contribution in [2.75, 3.05) is 25.5 Å². The number of aromatic nitrogens is 4. The maximum atomic E-state index is 14.8. The Hall–Kier alpha value is -4.37. The van der Waals surface area contributed by atoms with E-state index in [0.717, 1.165) is 48.7 Å². The number of rotatable bonds is 5. The lowest BCUT2D eigenvalue weighted by atomic mass is 9.96. The van der Waals surface area contributed by atoms with Crippen molar-refractivity contribution < 1.29 is 13.6 Å². The minimum absolute atomic E-state index is 0.0554. The molecule has 1 amide bonds. The van der Waals surface area contributed by atoms with Gasteiger partial charge in [0.25, 0.3) is 0 Å². The Morgan fingerprint density at radius 1 is 1.00 bits per heavy atom. The molecule has 0 spiro atoms. The van der Waals surface area contributed by atoms with E-state index in [1.165, 1.54) is 12.1 Å². The van der Waals surface area contributed by atoms with Crippen LogP contribution in [0.4, 0.5) is 14.5 Å². The van der Waals surface area contributed by atoms with Gasteiger partial charge in [0.05, 0.1) is 16.7 Å². The molecule has 6 rings (SSSR count). The van der Waals surface area contributed by atoms with Crippen LogP contribution >= 0.6 is 0 Å². The highest BCUT2D eigenvalue weighted by molar-refractivity contribution is 5.94. The van der Waals surface area contributed by atoms with Crippen LogP contribution in [0.5, 0.6) is 0 Å². The molecule has 9 heteroatoms. The first-order chi connectivity index (χ1) is 18.4. The van der Waals surface area contributed by atoms with E-state index in [4.69, 9.17) is 0 Å². The van der Waals surface area contributed by atoms with Crippen LogP contribution in [0.3, 0.4) is 0 Å². The van der Waals surface area contributed by atoms with Gasteiger partial charge in [-0.3, -0.25) is 9.36 Å². The molecule has 3 heterocycles. The standard InChI is InChI=1S/C29H26F2N6O/c1-35-11-7-19(8-12-35)29(38)34-22-13-20(25-5-3-21(30)15-26(25)31)14-24(16-22)36-18-32-27-17-23(4-6-28(27)36)37-10-2-9-33-37/h2-6,9-10,13-19H,7-8,11-12H2,1H3,(H,34,38). The van der Waals surface area contributed by atoms with Crippen LogP contribution in [0.1, 0.15) is 12.8 Å². The molecule has 2 aromatic heterocycles. The van der Waals surface area contributed by atoms with Gasteiger partial charge in [-0.25, -0.2) is 18.4 Å². The molecule has 3 aromatic carbocycles. The van der Waals surface area contributed by atoms with Crippen LogP contribution in [0.25, 0.3) is 33.5 Å². The number of halogens is 2. The maximum Gasteiger partial charge on any atom is 0.227 e. The molecule has 0 bridgehead atoms. The molecule has 0 aliphatic carbocycles. The third-order valence-electron chi connectivity index (χ3n) is 7.09. The number of amides is 1. The number of nitrogens with one attached hydrogen (secondary N) is 1. The van der Waals surface area contributed by atoms with E-state index in [1.807, 2.05) is 47.2 Å². The third-order valence-corrected chi connectivity index (χ3v) is 7.09. The summed E-state index contributed by atoms with van der Waals surface area (Å²) >= 11 is 0. The number of hydrogen-bond donors (Lipinski definition) is 1. The zero-order valence-electron chi connectivity index (χ0n) is 20.8. The SMILES string of the molecule is CN1CCC(C(=O)Nc2cc(-c3ccc(F)cc3F)cc(-n3cnc4cc(-n5cccn5)ccc43)c2)CC1. The van der Waals surface area contributed by atoms with E-state index in [0.29, 0.717) is 16.9 Å². The molecule has 0 atom stereocenters. The number of nitrogens with zero attached hydrogens (tertiary/aromatic N) is 5. The third kappa shape index (κ3) is 4.68. The Bertz CT molecular complexity index is 1620. The topological polar surface area (TPSA) is 68.0 Å². The number of carbonyl (C=O) groups excluding carboxylic acids is 1. The number of hydrogen-bond acceptors (Lipinski definition) is 4. The van der Waals surface area contributed by atoms with Crippen molar-refractivity contribution in [3.63, 3.8) is 0 Å². The summed E-state index contributed by atoms with van der Waals surface area (Å²) in [6, 6.07) is 16.6. The molecular formula is C29H26F2N6O. The van der Waals surface area contributed by atoms with Crippen molar-refractivity contribution in [1.29, 1.82) is 0 Å². The van der Waals surface area contributed by atoms with Crippen molar-refractivity contribution in [3.05, 3.63) is 91.0 Å². The molecular weight excluding hydrogens is 486 g/mol. The molecule has 1 aliphatic rings. The Labute approximate surface area is 218 Å². The van der Waals surface area contributed by atoms with E-state index in [2.05, 4.69) is 27.3 Å². The molecule has 192 valence electrons. The number of carbonyl (C=O) groups is 1. The van der Waals surface area contributed by atoms with Gasteiger partial charge in [0.1, 0.15) is 18.0 Å². The molecule has 1 saturated heterocycles. The minimum Gasteiger partial charge on any atom is -0.326 e. The van der Waals surface area contributed by atoms with Crippen molar-refractivity contribution in [3.8, 4) is 22.5 Å². The number of piperidine rings is 1. The summed E-state index contributed by atoms with van der Waals surface area (Å²) in [5.41, 5.74) is 4.47. The minimum atomic E-state index is -0.672. The predicted molar refractivity (Wildman–Crippen MR) is 142 cm³/mol. The fourth-order valence-corrected chi connectivity index (χ4v) is 4.99. The van der Waals surface area contributed by atoms with E-state index in [1.54, 1.807) is 23.3 Å². The normalized spacial score (nSPS) is 14.7. The largest absolute Gasteiger partial charge is 0.326 e. The number of fused-ring (bicyclic) bond motifs is 1. The lowest BCUT2D eigenvalue weighted by molar-refractivity contribution is -0.121. The van der Waals surface area contributed by atoms with Gasteiger partial charge in [-0.1, -0.05) is 0 Å². The Morgan fingerprint density at radius 2 is 1.84 bits per heavy atom. The van der Waals surface area contributed by atoms with E-state index < -0.39 is 11.6 Å². The number of anilines is 1. The highest BCUT2D eigenvalue weighted by atomic mass is 19.1. The van der Waals surface area contributed by atoms with Crippen LogP contribution in [0.15, 0.2) is 79.4 Å². The van der Waals surface area contributed by atoms with Gasteiger partial charge in [-0.2, -0.15) is 5.10 Å². The van der Waals surface area contributed by atoms with Crippen LogP contribution in [0.2, 0.25) is 0 Å². The summed E-state index contributed by atoms with van der Waals surface area (Å²) in [5.74, 6) is -1.46. The number of imidazole rings is 1. The summed E-state index contributed by atoms with van der Waals surface area (Å²) in [6.45, 7) is 1.73. The summed E-state index contributed by atoms with van der Waals surface area (Å²) in [6.07, 6.45) is 6.83. The van der Waals surface area contributed by atoms with E-state index in [-0.39, 0.29) is 17.4 Å². The van der Waals surface area contributed by atoms with Gasteiger partial charge in [-0.15, -0.1) is 0 Å². The van der Waals surface area contributed by atoms with Crippen molar-refractivity contribution >= 4 is 22.6 Å². The number of benzene rings is 3. The zero-order valence-corrected chi connectivity index (χ0v) is 20.8. The monoisotopic (exact) mass is 512 g/mol. The first-order valence-electron chi connectivity index (χ1n) is 12.5.